The smallest absolute Gasteiger partial charge is 0.325 e. The zero-order valence-corrected chi connectivity index (χ0v) is 8.90. The van der Waals surface area contributed by atoms with Crippen LogP contribution in [0.3, 0.4) is 0 Å². The molecule has 0 aromatic rings. The van der Waals surface area contributed by atoms with Crippen molar-refractivity contribution in [3.8, 4) is 0 Å². The Kier molecular flexibility index (Phi) is 3.90. The van der Waals surface area contributed by atoms with Crippen LogP contribution in [0.2, 0.25) is 0 Å². The molecule has 86 valence electrons. The van der Waals surface area contributed by atoms with Gasteiger partial charge in [-0.25, -0.2) is 4.79 Å². The number of hydrogen-bond acceptors (Lipinski definition) is 3. The van der Waals surface area contributed by atoms with Crippen molar-refractivity contribution in [1.82, 2.24) is 10.2 Å². The molecule has 1 fully saturated rings. The minimum Gasteiger partial charge on any atom is -0.480 e. The second-order valence-electron chi connectivity index (χ2n) is 3.64. The first-order chi connectivity index (χ1) is 7.02. The number of rotatable bonds is 3. The van der Waals surface area contributed by atoms with Crippen LogP contribution < -0.4 is 5.32 Å². The molecular formula is C9H16N2O4. The molecule has 15 heavy (non-hydrogen) atoms. The van der Waals surface area contributed by atoms with Gasteiger partial charge in [0.15, 0.2) is 0 Å². The van der Waals surface area contributed by atoms with Crippen molar-refractivity contribution in [2.24, 2.45) is 0 Å². The van der Waals surface area contributed by atoms with E-state index < -0.39 is 12.0 Å². The van der Waals surface area contributed by atoms with E-state index in [0.717, 1.165) is 6.42 Å². The fraction of sp³-hybridized carbons (Fsp3) is 0.778. The number of urea groups is 1. The molecule has 1 saturated heterocycles. The number of hydrogen-bond donors (Lipinski definition) is 2. The van der Waals surface area contributed by atoms with E-state index in [1.54, 1.807) is 7.05 Å². The third kappa shape index (κ3) is 3.09. The summed E-state index contributed by atoms with van der Waals surface area (Å²) in [4.78, 5) is 23.6. The van der Waals surface area contributed by atoms with Crippen LogP contribution >= 0.6 is 0 Å². The maximum absolute atomic E-state index is 11.5. The number of carbonyl (C=O) groups is 2. The summed E-state index contributed by atoms with van der Waals surface area (Å²) in [5.74, 6) is -1.04. The summed E-state index contributed by atoms with van der Waals surface area (Å²) in [5.41, 5.74) is 0. The summed E-state index contributed by atoms with van der Waals surface area (Å²) in [5, 5.41) is 11.0. The average molecular weight is 216 g/mol. The van der Waals surface area contributed by atoms with Crippen molar-refractivity contribution >= 4 is 12.0 Å². The lowest BCUT2D eigenvalue weighted by Crippen LogP contribution is -2.48. The second kappa shape index (κ2) is 4.97. The van der Waals surface area contributed by atoms with E-state index in [2.05, 4.69) is 5.32 Å². The third-order valence-corrected chi connectivity index (χ3v) is 2.48. The average Bonchev–Trinajstić information content (AvgIpc) is 2.68. The lowest BCUT2D eigenvalue weighted by atomic mass is 10.2. The molecule has 2 amide bonds. The molecule has 2 N–H and O–H groups in total. The van der Waals surface area contributed by atoms with E-state index in [4.69, 9.17) is 9.84 Å². The Bertz CT molecular complexity index is 250. The minimum absolute atomic E-state index is 0.0472. The molecule has 2 atom stereocenters. The molecule has 1 aliphatic heterocycles. The summed E-state index contributed by atoms with van der Waals surface area (Å²) < 4.78 is 5.14. The van der Waals surface area contributed by atoms with E-state index in [0.29, 0.717) is 13.2 Å². The van der Waals surface area contributed by atoms with Crippen LogP contribution in [0.4, 0.5) is 4.79 Å². The standard InChI is InChI=1S/C9H16N2O4/c1-6(8(12)13)10-9(14)11(2)7-3-4-15-5-7/h6-7H,3-5H2,1-2H3,(H,10,14)(H,12,13)/t6-,7?/m1/s1. The maximum Gasteiger partial charge on any atom is 0.325 e. The number of ether oxygens (including phenoxy) is 1. The molecule has 0 saturated carbocycles. The Balaban J connectivity index is 2.41. The molecule has 1 aliphatic rings. The lowest BCUT2D eigenvalue weighted by Gasteiger charge is -2.24. The Labute approximate surface area is 88.2 Å². The van der Waals surface area contributed by atoms with Crippen LogP contribution in [-0.4, -0.2) is 54.4 Å². The number of nitrogens with zero attached hydrogens (tertiary/aromatic N) is 1. The van der Waals surface area contributed by atoms with Crippen LogP contribution in [0.1, 0.15) is 13.3 Å². The van der Waals surface area contributed by atoms with Crippen LogP contribution in [0.25, 0.3) is 0 Å². The predicted molar refractivity (Wildman–Crippen MR) is 52.6 cm³/mol. The molecule has 0 spiro atoms. The highest BCUT2D eigenvalue weighted by atomic mass is 16.5. The molecule has 1 unspecified atom stereocenters. The van der Waals surface area contributed by atoms with E-state index in [-0.39, 0.29) is 12.1 Å². The number of aliphatic carboxylic acids is 1. The third-order valence-electron chi connectivity index (χ3n) is 2.48. The van der Waals surface area contributed by atoms with Crippen molar-refractivity contribution in [1.29, 1.82) is 0 Å². The topological polar surface area (TPSA) is 78.9 Å². The summed E-state index contributed by atoms with van der Waals surface area (Å²) in [6, 6.07) is -1.20. The fourth-order valence-electron chi connectivity index (χ4n) is 1.34. The first-order valence-electron chi connectivity index (χ1n) is 4.86. The number of carboxylic acid groups (broad SMARTS) is 1. The van der Waals surface area contributed by atoms with Gasteiger partial charge in [0.05, 0.1) is 12.6 Å². The Morgan fingerprint density at radius 1 is 1.60 bits per heavy atom. The molecule has 0 bridgehead atoms. The van der Waals surface area contributed by atoms with Gasteiger partial charge >= 0.3 is 12.0 Å². The van der Waals surface area contributed by atoms with Crippen LogP contribution in [0, 0.1) is 0 Å². The summed E-state index contributed by atoms with van der Waals surface area (Å²) in [6.45, 7) is 2.60. The number of amides is 2. The fourth-order valence-corrected chi connectivity index (χ4v) is 1.34. The molecule has 6 nitrogen and oxygen atoms in total. The minimum atomic E-state index is -1.04. The van der Waals surface area contributed by atoms with Gasteiger partial charge in [-0.1, -0.05) is 0 Å². The van der Waals surface area contributed by atoms with Gasteiger partial charge in [0.25, 0.3) is 0 Å². The van der Waals surface area contributed by atoms with E-state index in [9.17, 15) is 9.59 Å². The zero-order valence-electron chi connectivity index (χ0n) is 8.90. The van der Waals surface area contributed by atoms with Crippen LogP contribution in [-0.2, 0) is 9.53 Å². The highest BCUT2D eigenvalue weighted by Gasteiger charge is 2.25. The molecular weight excluding hydrogens is 200 g/mol. The van der Waals surface area contributed by atoms with E-state index in [1.165, 1.54) is 11.8 Å². The molecule has 0 aliphatic carbocycles. The van der Waals surface area contributed by atoms with Gasteiger partial charge < -0.3 is 20.1 Å². The second-order valence-corrected chi connectivity index (χ2v) is 3.64. The van der Waals surface area contributed by atoms with Crippen LogP contribution in [0.15, 0.2) is 0 Å². The lowest BCUT2D eigenvalue weighted by molar-refractivity contribution is -0.138. The van der Waals surface area contributed by atoms with Gasteiger partial charge in [0.1, 0.15) is 6.04 Å². The van der Waals surface area contributed by atoms with Gasteiger partial charge in [-0.3, -0.25) is 4.79 Å². The highest BCUT2D eigenvalue weighted by Crippen LogP contribution is 2.10. The molecule has 1 rings (SSSR count). The highest BCUT2D eigenvalue weighted by molar-refractivity contribution is 5.82. The van der Waals surface area contributed by atoms with Gasteiger partial charge in [-0.15, -0.1) is 0 Å². The predicted octanol–water partition coefficient (Wildman–Crippen LogP) is -0.110. The number of carbonyl (C=O) groups excluding carboxylic acids is 1. The molecule has 0 radical (unpaired) electrons. The largest absolute Gasteiger partial charge is 0.480 e. The Morgan fingerprint density at radius 3 is 2.73 bits per heavy atom. The first kappa shape index (κ1) is 11.8. The summed E-state index contributed by atoms with van der Waals surface area (Å²) in [7, 11) is 1.64. The van der Waals surface area contributed by atoms with Crippen molar-refractivity contribution in [3.05, 3.63) is 0 Å². The molecule has 0 aromatic carbocycles. The molecule has 0 aromatic heterocycles. The van der Waals surface area contributed by atoms with Crippen molar-refractivity contribution in [2.75, 3.05) is 20.3 Å². The first-order valence-corrected chi connectivity index (χ1v) is 4.86. The monoisotopic (exact) mass is 216 g/mol. The van der Waals surface area contributed by atoms with Crippen LogP contribution in [0.5, 0.6) is 0 Å². The SMILES string of the molecule is C[C@@H](NC(=O)N(C)C1CCOC1)C(=O)O. The number of nitrogens with one attached hydrogen (secondary N) is 1. The Morgan fingerprint density at radius 2 is 2.27 bits per heavy atom. The van der Waals surface area contributed by atoms with Crippen molar-refractivity contribution in [2.45, 2.75) is 25.4 Å². The zero-order chi connectivity index (χ0) is 11.4. The summed E-state index contributed by atoms with van der Waals surface area (Å²) in [6.07, 6.45) is 0.797. The normalized spacial score (nSPS) is 22.1. The van der Waals surface area contributed by atoms with Gasteiger partial charge in [0, 0.05) is 13.7 Å². The van der Waals surface area contributed by atoms with E-state index in [1.807, 2.05) is 0 Å². The summed E-state index contributed by atoms with van der Waals surface area (Å²) >= 11 is 0. The van der Waals surface area contributed by atoms with Crippen molar-refractivity contribution in [3.63, 3.8) is 0 Å². The Hall–Kier alpha value is -1.30. The number of likely N-dealkylation sites (N-methyl/N-ethyl adjacent to an activating group) is 1. The number of carboxylic acids is 1. The van der Waals surface area contributed by atoms with Gasteiger partial charge in [-0.05, 0) is 13.3 Å². The maximum atomic E-state index is 11.5. The molecule has 6 heteroatoms. The quantitative estimate of drug-likeness (QED) is 0.690. The van der Waals surface area contributed by atoms with Gasteiger partial charge in [-0.2, -0.15) is 0 Å². The van der Waals surface area contributed by atoms with Gasteiger partial charge in [0.2, 0.25) is 0 Å². The molecule has 1 heterocycles. The van der Waals surface area contributed by atoms with E-state index >= 15 is 0 Å². The van der Waals surface area contributed by atoms with Crippen molar-refractivity contribution < 1.29 is 19.4 Å².